The predicted octanol–water partition coefficient (Wildman–Crippen LogP) is 1.38. The van der Waals surface area contributed by atoms with Crippen LogP contribution in [0.4, 0.5) is 5.82 Å². The van der Waals surface area contributed by atoms with E-state index in [1.165, 1.54) is 0 Å². The molecule has 0 atom stereocenters. The first-order chi connectivity index (χ1) is 9.26. The number of aliphatic hydroxyl groups is 1. The maximum atomic E-state index is 9.17. The van der Waals surface area contributed by atoms with E-state index >= 15 is 0 Å². The van der Waals surface area contributed by atoms with Crippen molar-refractivity contribution in [1.82, 2.24) is 9.97 Å². The molecule has 0 bridgehead atoms. The van der Waals surface area contributed by atoms with E-state index < -0.39 is 0 Å². The molecule has 0 spiro atoms. The highest BCUT2D eigenvalue weighted by Gasteiger charge is 2.12. The number of nitrogens with zero attached hydrogens (tertiary/aromatic N) is 3. The number of para-hydroxylation sites is 2. The zero-order chi connectivity index (χ0) is 13.7. The summed E-state index contributed by atoms with van der Waals surface area (Å²) in [6.45, 7) is 3.82. The van der Waals surface area contributed by atoms with Crippen molar-refractivity contribution in [2.45, 2.75) is 6.92 Å². The van der Waals surface area contributed by atoms with E-state index in [-0.39, 0.29) is 6.61 Å². The number of aliphatic hydroxyl groups excluding tert-OH is 1. The predicted molar refractivity (Wildman–Crippen MR) is 75.4 cm³/mol. The van der Waals surface area contributed by atoms with Crippen LogP contribution in [0.15, 0.2) is 24.3 Å². The van der Waals surface area contributed by atoms with Crippen molar-refractivity contribution in [3.05, 3.63) is 30.0 Å². The molecule has 0 saturated heterocycles. The number of aromatic nitrogens is 2. The summed E-state index contributed by atoms with van der Waals surface area (Å²) in [7, 11) is 1.66. The number of rotatable bonds is 6. The average Bonchev–Trinajstić information content (AvgIpc) is 2.43. The minimum atomic E-state index is 0.0810. The number of methoxy groups -OCH3 is 1. The quantitative estimate of drug-likeness (QED) is 0.851. The molecule has 1 heterocycles. The van der Waals surface area contributed by atoms with E-state index in [1.807, 2.05) is 36.1 Å². The lowest BCUT2D eigenvalue weighted by molar-refractivity contribution is 0.202. The van der Waals surface area contributed by atoms with Gasteiger partial charge in [0.25, 0.3) is 0 Å². The molecule has 5 heteroatoms. The normalized spacial score (nSPS) is 10.9. The Hall–Kier alpha value is -1.72. The highest BCUT2D eigenvalue weighted by atomic mass is 16.5. The first-order valence-corrected chi connectivity index (χ1v) is 6.34. The highest BCUT2D eigenvalue weighted by molar-refractivity contribution is 5.76. The first kappa shape index (κ1) is 13.7. The third-order valence-corrected chi connectivity index (χ3v) is 2.95. The molecule has 0 fully saturated rings. The molecule has 2 aromatic rings. The monoisotopic (exact) mass is 261 g/mol. The molecule has 0 aliphatic heterocycles. The molecular formula is C14H19N3O2. The number of ether oxygens (including phenoxy) is 1. The maximum Gasteiger partial charge on any atom is 0.150 e. The lowest BCUT2D eigenvalue weighted by Crippen LogP contribution is -2.31. The van der Waals surface area contributed by atoms with Crippen LogP contribution in [0, 0.1) is 6.92 Å². The van der Waals surface area contributed by atoms with Crippen LogP contribution in [0.5, 0.6) is 0 Å². The van der Waals surface area contributed by atoms with Crippen molar-refractivity contribution in [2.75, 3.05) is 38.3 Å². The van der Waals surface area contributed by atoms with Crippen LogP contribution >= 0.6 is 0 Å². The van der Waals surface area contributed by atoms with E-state index in [2.05, 4.69) is 9.97 Å². The number of anilines is 1. The van der Waals surface area contributed by atoms with Crippen LogP contribution in [0.1, 0.15) is 5.69 Å². The molecule has 0 amide bonds. The Labute approximate surface area is 112 Å². The average molecular weight is 261 g/mol. The van der Waals surface area contributed by atoms with E-state index in [0.717, 1.165) is 22.5 Å². The van der Waals surface area contributed by atoms with Crippen molar-refractivity contribution < 1.29 is 9.84 Å². The maximum absolute atomic E-state index is 9.17. The van der Waals surface area contributed by atoms with Gasteiger partial charge in [-0.25, -0.2) is 9.97 Å². The SMILES string of the molecule is COCCN(CCO)c1nc2ccccc2nc1C. The minimum absolute atomic E-state index is 0.0810. The molecule has 0 aliphatic carbocycles. The molecule has 102 valence electrons. The van der Waals surface area contributed by atoms with Crippen molar-refractivity contribution in [3.8, 4) is 0 Å². The molecule has 2 rings (SSSR count). The van der Waals surface area contributed by atoms with Gasteiger partial charge < -0.3 is 14.7 Å². The van der Waals surface area contributed by atoms with Gasteiger partial charge >= 0.3 is 0 Å². The topological polar surface area (TPSA) is 58.5 Å². The van der Waals surface area contributed by atoms with Gasteiger partial charge in [0.2, 0.25) is 0 Å². The van der Waals surface area contributed by atoms with Gasteiger partial charge in [0, 0.05) is 20.2 Å². The van der Waals surface area contributed by atoms with Crippen molar-refractivity contribution >= 4 is 16.9 Å². The van der Waals surface area contributed by atoms with Gasteiger partial charge in [0.15, 0.2) is 5.82 Å². The van der Waals surface area contributed by atoms with Gasteiger partial charge in [-0.1, -0.05) is 12.1 Å². The molecule has 19 heavy (non-hydrogen) atoms. The lowest BCUT2D eigenvalue weighted by Gasteiger charge is -2.23. The fourth-order valence-corrected chi connectivity index (χ4v) is 2.02. The lowest BCUT2D eigenvalue weighted by atomic mass is 10.3. The molecule has 0 unspecified atom stereocenters. The van der Waals surface area contributed by atoms with Crippen molar-refractivity contribution in [1.29, 1.82) is 0 Å². The molecule has 0 saturated carbocycles. The van der Waals surface area contributed by atoms with Crippen molar-refractivity contribution in [2.24, 2.45) is 0 Å². The third kappa shape index (κ3) is 3.19. The van der Waals surface area contributed by atoms with Crippen LogP contribution in [-0.4, -0.2) is 48.5 Å². The van der Waals surface area contributed by atoms with Gasteiger partial charge in [0.05, 0.1) is 29.9 Å². The second-order valence-corrected chi connectivity index (χ2v) is 4.32. The number of fused-ring (bicyclic) bond motifs is 1. The number of hydrogen-bond acceptors (Lipinski definition) is 5. The van der Waals surface area contributed by atoms with Crippen LogP contribution in [0.25, 0.3) is 11.0 Å². The Morgan fingerprint density at radius 3 is 2.47 bits per heavy atom. The summed E-state index contributed by atoms with van der Waals surface area (Å²) in [5.41, 5.74) is 2.62. The van der Waals surface area contributed by atoms with Crippen molar-refractivity contribution in [3.63, 3.8) is 0 Å². The van der Waals surface area contributed by atoms with Crippen LogP contribution in [0.3, 0.4) is 0 Å². The van der Waals surface area contributed by atoms with Crippen LogP contribution in [-0.2, 0) is 4.74 Å². The van der Waals surface area contributed by atoms with Gasteiger partial charge in [-0.15, -0.1) is 0 Å². The van der Waals surface area contributed by atoms with Gasteiger partial charge in [-0.2, -0.15) is 0 Å². The number of benzene rings is 1. The summed E-state index contributed by atoms with van der Waals surface area (Å²) in [4.78, 5) is 11.2. The zero-order valence-electron chi connectivity index (χ0n) is 11.3. The molecule has 1 N–H and O–H groups in total. The van der Waals surface area contributed by atoms with Crippen LogP contribution in [0.2, 0.25) is 0 Å². The van der Waals surface area contributed by atoms with Gasteiger partial charge in [-0.3, -0.25) is 0 Å². The Kier molecular flexibility index (Phi) is 4.65. The fraction of sp³-hybridized carbons (Fsp3) is 0.429. The second-order valence-electron chi connectivity index (χ2n) is 4.32. The molecule has 1 aromatic heterocycles. The van der Waals surface area contributed by atoms with E-state index in [0.29, 0.717) is 19.7 Å². The third-order valence-electron chi connectivity index (χ3n) is 2.95. The summed E-state index contributed by atoms with van der Waals surface area (Å²) < 4.78 is 5.10. The summed E-state index contributed by atoms with van der Waals surface area (Å²) in [5, 5.41) is 9.17. The van der Waals surface area contributed by atoms with E-state index in [9.17, 15) is 5.11 Å². The van der Waals surface area contributed by atoms with E-state index in [4.69, 9.17) is 4.74 Å². The van der Waals surface area contributed by atoms with Gasteiger partial charge in [-0.05, 0) is 19.1 Å². The largest absolute Gasteiger partial charge is 0.395 e. The summed E-state index contributed by atoms with van der Waals surface area (Å²) in [5.74, 6) is 0.810. The molecule has 0 aliphatic rings. The Balaban J connectivity index is 2.37. The zero-order valence-corrected chi connectivity index (χ0v) is 11.3. The summed E-state index contributed by atoms with van der Waals surface area (Å²) in [6, 6.07) is 7.79. The second kappa shape index (κ2) is 6.45. The van der Waals surface area contributed by atoms with Gasteiger partial charge in [0.1, 0.15) is 0 Å². The molecular weight excluding hydrogens is 242 g/mol. The molecule has 0 radical (unpaired) electrons. The smallest absolute Gasteiger partial charge is 0.150 e. The number of hydrogen-bond donors (Lipinski definition) is 1. The summed E-state index contributed by atoms with van der Waals surface area (Å²) >= 11 is 0. The fourth-order valence-electron chi connectivity index (χ4n) is 2.02. The number of aryl methyl sites for hydroxylation is 1. The molecule has 1 aromatic carbocycles. The molecule has 5 nitrogen and oxygen atoms in total. The summed E-state index contributed by atoms with van der Waals surface area (Å²) in [6.07, 6.45) is 0. The standard InChI is InChI=1S/C14H19N3O2/c1-11-14(17(7-9-18)8-10-19-2)16-13-6-4-3-5-12(13)15-11/h3-6,18H,7-10H2,1-2H3. The van der Waals surface area contributed by atoms with E-state index in [1.54, 1.807) is 7.11 Å². The Morgan fingerprint density at radius 2 is 1.84 bits per heavy atom. The Morgan fingerprint density at radius 1 is 1.16 bits per heavy atom. The Bertz CT molecular complexity index is 545. The van der Waals surface area contributed by atoms with Crippen LogP contribution < -0.4 is 4.90 Å². The minimum Gasteiger partial charge on any atom is -0.395 e. The highest BCUT2D eigenvalue weighted by Crippen LogP contribution is 2.19. The first-order valence-electron chi connectivity index (χ1n) is 6.34.